The third kappa shape index (κ3) is 6.58. The SMILES string of the molecule is C=C(/C=C\C(=C/C)S(=O)(=O)Nc1ncc(Cl)cc1C(=O)c1ccccc1)SC(C)C. The number of hydrogen-bond acceptors (Lipinski definition) is 5. The second-order valence-electron chi connectivity index (χ2n) is 6.51. The Labute approximate surface area is 187 Å². The molecule has 8 heteroatoms. The largest absolute Gasteiger partial charge is 0.288 e. The lowest BCUT2D eigenvalue weighted by molar-refractivity contribution is 0.103. The second kappa shape index (κ2) is 10.6. The Bertz CT molecular complexity index is 1090. The lowest BCUT2D eigenvalue weighted by Crippen LogP contribution is -2.18. The Kier molecular flexibility index (Phi) is 8.46. The number of hydrogen-bond donors (Lipinski definition) is 1. The molecule has 0 saturated carbocycles. The van der Waals surface area contributed by atoms with Crippen LogP contribution < -0.4 is 4.72 Å². The Morgan fingerprint density at radius 1 is 1.23 bits per heavy atom. The molecule has 0 saturated heterocycles. The fourth-order valence-corrected chi connectivity index (χ4v) is 4.49. The van der Waals surface area contributed by atoms with E-state index in [1.54, 1.807) is 43.3 Å². The highest BCUT2D eigenvalue weighted by Crippen LogP contribution is 2.25. The number of carbonyl (C=O) groups excluding carboxylic acids is 1. The molecular formula is C22H23ClN2O3S2. The van der Waals surface area contributed by atoms with Crippen LogP contribution in [0.2, 0.25) is 5.02 Å². The molecule has 0 radical (unpaired) electrons. The molecule has 5 nitrogen and oxygen atoms in total. The summed E-state index contributed by atoms with van der Waals surface area (Å²) in [6.07, 6.45) is 5.85. The average Bonchev–Trinajstić information content (AvgIpc) is 2.69. The van der Waals surface area contributed by atoms with Crippen LogP contribution in [-0.4, -0.2) is 24.4 Å². The van der Waals surface area contributed by atoms with E-state index in [0.717, 1.165) is 4.91 Å². The molecule has 1 aromatic heterocycles. The predicted octanol–water partition coefficient (Wildman–Crippen LogP) is 5.82. The second-order valence-corrected chi connectivity index (χ2v) is 10.3. The summed E-state index contributed by atoms with van der Waals surface area (Å²) in [5.74, 6) is -0.473. The maximum Gasteiger partial charge on any atom is 0.262 e. The smallest absolute Gasteiger partial charge is 0.262 e. The van der Waals surface area contributed by atoms with E-state index in [1.807, 2.05) is 13.8 Å². The van der Waals surface area contributed by atoms with Crippen molar-refractivity contribution in [2.75, 3.05) is 4.72 Å². The number of aromatic nitrogens is 1. The third-order valence-electron chi connectivity index (χ3n) is 3.78. The van der Waals surface area contributed by atoms with Crippen LogP contribution in [0, 0.1) is 0 Å². The molecular weight excluding hydrogens is 440 g/mol. The van der Waals surface area contributed by atoms with Crippen LogP contribution in [0.15, 0.2) is 77.2 Å². The zero-order chi connectivity index (χ0) is 22.3. The zero-order valence-corrected chi connectivity index (χ0v) is 19.3. The summed E-state index contributed by atoms with van der Waals surface area (Å²) in [6, 6.07) is 9.90. The third-order valence-corrected chi connectivity index (χ3v) is 6.35. The Balaban J connectivity index is 2.35. The van der Waals surface area contributed by atoms with E-state index in [9.17, 15) is 13.2 Å². The molecule has 30 heavy (non-hydrogen) atoms. The van der Waals surface area contributed by atoms with Gasteiger partial charge in [-0.3, -0.25) is 9.52 Å². The maximum absolute atomic E-state index is 12.9. The number of thioether (sulfide) groups is 1. The van der Waals surface area contributed by atoms with Crippen molar-refractivity contribution >= 4 is 45.0 Å². The monoisotopic (exact) mass is 462 g/mol. The summed E-state index contributed by atoms with van der Waals surface area (Å²) in [4.78, 5) is 17.7. The van der Waals surface area contributed by atoms with E-state index >= 15 is 0 Å². The fraction of sp³-hybridized carbons (Fsp3) is 0.182. The molecule has 2 rings (SSSR count). The summed E-state index contributed by atoms with van der Waals surface area (Å²) in [7, 11) is -3.98. The van der Waals surface area contributed by atoms with Gasteiger partial charge in [0.25, 0.3) is 10.0 Å². The Morgan fingerprint density at radius 3 is 2.50 bits per heavy atom. The van der Waals surface area contributed by atoms with Gasteiger partial charge < -0.3 is 0 Å². The molecule has 1 aromatic carbocycles. The van der Waals surface area contributed by atoms with Gasteiger partial charge in [-0.25, -0.2) is 13.4 Å². The summed E-state index contributed by atoms with van der Waals surface area (Å²) in [5.41, 5.74) is 0.464. The normalized spacial score (nSPS) is 12.4. The number of nitrogens with one attached hydrogen (secondary N) is 1. The molecule has 2 aromatic rings. The molecule has 1 heterocycles. The van der Waals surface area contributed by atoms with Gasteiger partial charge in [-0.1, -0.05) is 68.4 Å². The molecule has 158 valence electrons. The Morgan fingerprint density at radius 2 is 1.90 bits per heavy atom. The molecule has 0 unspecified atom stereocenters. The highest BCUT2D eigenvalue weighted by molar-refractivity contribution is 8.03. The van der Waals surface area contributed by atoms with Crippen LogP contribution in [0.3, 0.4) is 0 Å². The van der Waals surface area contributed by atoms with Gasteiger partial charge >= 0.3 is 0 Å². The zero-order valence-electron chi connectivity index (χ0n) is 16.9. The molecule has 0 atom stereocenters. The van der Waals surface area contributed by atoms with Crippen molar-refractivity contribution in [1.29, 1.82) is 0 Å². The van der Waals surface area contributed by atoms with Crippen molar-refractivity contribution < 1.29 is 13.2 Å². The van der Waals surface area contributed by atoms with Crippen molar-refractivity contribution in [3.63, 3.8) is 0 Å². The van der Waals surface area contributed by atoms with Gasteiger partial charge in [0.05, 0.1) is 15.5 Å². The molecule has 0 spiro atoms. The number of ketones is 1. The van der Waals surface area contributed by atoms with Crippen molar-refractivity contribution in [1.82, 2.24) is 4.98 Å². The number of pyridine rings is 1. The van der Waals surface area contributed by atoms with Crippen LogP contribution in [0.1, 0.15) is 36.7 Å². The predicted molar refractivity (Wildman–Crippen MR) is 126 cm³/mol. The van der Waals surface area contributed by atoms with Crippen LogP contribution in [0.4, 0.5) is 5.82 Å². The van der Waals surface area contributed by atoms with E-state index in [2.05, 4.69) is 16.3 Å². The molecule has 0 aliphatic carbocycles. The first-order valence-electron chi connectivity index (χ1n) is 9.12. The number of nitrogens with zero attached hydrogens (tertiary/aromatic N) is 1. The molecule has 0 bridgehead atoms. The van der Waals surface area contributed by atoms with Crippen molar-refractivity contribution in [3.05, 3.63) is 93.4 Å². The van der Waals surface area contributed by atoms with Crippen LogP contribution >= 0.6 is 23.4 Å². The first kappa shape index (κ1) is 23.9. The lowest BCUT2D eigenvalue weighted by atomic mass is 10.0. The number of sulfonamides is 1. The van der Waals surface area contributed by atoms with Crippen molar-refractivity contribution in [2.24, 2.45) is 0 Å². The molecule has 0 aliphatic heterocycles. The van der Waals surface area contributed by atoms with Crippen molar-refractivity contribution in [3.8, 4) is 0 Å². The van der Waals surface area contributed by atoms with Gasteiger partial charge in [0.15, 0.2) is 11.6 Å². The number of carbonyl (C=O) groups is 1. The van der Waals surface area contributed by atoms with E-state index in [-0.39, 0.29) is 27.1 Å². The van der Waals surface area contributed by atoms with E-state index in [0.29, 0.717) is 10.8 Å². The van der Waals surface area contributed by atoms with Crippen LogP contribution in [-0.2, 0) is 10.0 Å². The van der Waals surface area contributed by atoms with Gasteiger partial charge in [-0.15, -0.1) is 11.8 Å². The van der Waals surface area contributed by atoms with Gasteiger partial charge in [0.2, 0.25) is 0 Å². The topological polar surface area (TPSA) is 76.1 Å². The first-order valence-corrected chi connectivity index (χ1v) is 11.9. The molecule has 0 amide bonds. The van der Waals surface area contributed by atoms with E-state index in [4.69, 9.17) is 11.6 Å². The minimum absolute atomic E-state index is 0.0304. The van der Waals surface area contributed by atoms with Gasteiger partial charge in [-0.05, 0) is 25.1 Å². The average molecular weight is 463 g/mol. The van der Waals surface area contributed by atoms with Crippen molar-refractivity contribution in [2.45, 2.75) is 26.0 Å². The minimum Gasteiger partial charge on any atom is -0.288 e. The highest BCUT2D eigenvalue weighted by atomic mass is 35.5. The van der Waals surface area contributed by atoms with Gasteiger partial charge in [-0.2, -0.15) is 0 Å². The summed E-state index contributed by atoms with van der Waals surface area (Å²) < 4.78 is 28.2. The first-order chi connectivity index (χ1) is 14.1. The number of anilines is 1. The Hall–Kier alpha value is -2.35. The quantitative estimate of drug-likeness (QED) is 0.375. The van der Waals surface area contributed by atoms with Crippen LogP contribution in [0.25, 0.3) is 0 Å². The summed E-state index contributed by atoms with van der Waals surface area (Å²) >= 11 is 7.54. The number of allylic oxidation sites excluding steroid dienone is 3. The van der Waals surface area contributed by atoms with E-state index in [1.165, 1.54) is 36.2 Å². The minimum atomic E-state index is -3.98. The molecule has 1 N–H and O–H groups in total. The fourth-order valence-electron chi connectivity index (χ4n) is 2.48. The van der Waals surface area contributed by atoms with Crippen LogP contribution in [0.5, 0.6) is 0 Å². The summed E-state index contributed by atoms with van der Waals surface area (Å²) in [5, 5.41) is 0.557. The lowest BCUT2D eigenvalue weighted by Gasteiger charge is -2.12. The number of rotatable bonds is 9. The van der Waals surface area contributed by atoms with Gasteiger partial charge in [0, 0.05) is 21.9 Å². The summed E-state index contributed by atoms with van der Waals surface area (Å²) in [6.45, 7) is 9.57. The maximum atomic E-state index is 12.9. The number of benzene rings is 1. The molecule has 0 fully saturated rings. The van der Waals surface area contributed by atoms with Gasteiger partial charge in [0.1, 0.15) is 0 Å². The standard InChI is InChI=1S/C22H23ClN2O3S2/c1-5-19(12-11-16(4)29-15(2)3)30(27,28)25-22-20(13-18(23)14-24-22)21(26)17-9-7-6-8-10-17/h5-15H,4H2,1-3H3,(H,24,25)/b12-11-,19-5+. The number of halogens is 1. The highest BCUT2D eigenvalue weighted by Gasteiger charge is 2.21. The van der Waals surface area contributed by atoms with E-state index < -0.39 is 10.0 Å². The molecule has 0 aliphatic rings.